The van der Waals surface area contributed by atoms with Crippen LogP contribution >= 0.6 is 7.37 Å². The van der Waals surface area contributed by atoms with Crippen LogP contribution in [0.15, 0.2) is 60.4 Å². The third kappa shape index (κ3) is 6.51. The fourth-order valence-electron chi connectivity index (χ4n) is 4.00. The van der Waals surface area contributed by atoms with E-state index in [1.54, 1.807) is 18.2 Å². The molecule has 0 saturated carbocycles. The molecule has 0 aliphatic rings. The molecule has 0 spiro atoms. The Kier molecular flexibility index (Phi) is 8.73. The normalized spacial score (nSPS) is 14.1. The highest BCUT2D eigenvalue weighted by Crippen LogP contribution is 2.50. The van der Waals surface area contributed by atoms with Gasteiger partial charge in [0.05, 0.1) is 24.4 Å². The second-order valence-corrected chi connectivity index (χ2v) is 10.7. The van der Waals surface area contributed by atoms with E-state index in [1.165, 1.54) is 25.1 Å². The number of halogens is 1. The van der Waals surface area contributed by atoms with Gasteiger partial charge in [-0.1, -0.05) is 49.4 Å². The van der Waals surface area contributed by atoms with E-state index in [2.05, 4.69) is 0 Å². The lowest BCUT2D eigenvalue weighted by Gasteiger charge is -2.19. The predicted octanol–water partition coefficient (Wildman–Crippen LogP) is 6.16. The van der Waals surface area contributed by atoms with Crippen molar-refractivity contribution in [2.24, 2.45) is 0 Å². The summed E-state index contributed by atoms with van der Waals surface area (Å²) >= 11 is 0. The zero-order valence-electron chi connectivity index (χ0n) is 19.9. The number of carboxylic acids is 1. The Hall–Kier alpha value is -3.12. The van der Waals surface area contributed by atoms with Crippen LogP contribution in [0.2, 0.25) is 0 Å². The Morgan fingerprint density at radius 2 is 1.80 bits per heavy atom. The first-order valence-corrected chi connectivity index (χ1v) is 13.1. The van der Waals surface area contributed by atoms with Crippen LogP contribution in [0.5, 0.6) is 0 Å². The third-order valence-corrected chi connectivity index (χ3v) is 7.88. The molecule has 2 atom stereocenters. The molecule has 1 unspecified atom stereocenters. The van der Waals surface area contributed by atoms with E-state index in [-0.39, 0.29) is 12.0 Å². The summed E-state index contributed by atoms with van der Waals surface area (Å²) in [7, 11) is -2.23. The van der Waals surface area contributed by atoms with Gasteiger partial charge in [-0.2, -0.15) is 0 Å². The van der Waals surface area contributed by atoms with Crippen LogP contribution in [0.3, 0.4) is 0 Å². The minimum Gasteiger partial charge on any atom is -0.481 e. The second kappa shape index (κ2) is 11.5. The van der Waals surface area contributed by atoms with Crippen LogP contribution in [-0.4, -0.2) is 40.5 Å². The highest BCUT2D eigenvalue weighted by molar-refractivity contribution is 7.62. The van der Waals surface area contributed by atoms with Crippen molar-refractivity contribution in [2.45, 2.75) is 32.8 Å². The fraction of sp³-hybridized carbons (Fsp3) is 0.259. The topological polar surface area (TPSA) is 96.7 Å². The first-order chi connectivity index (χ1) is 16.7. The molecule has 184 valence electrons. The number of hydrogen-bond acceptors (Lipinski definition) is 5. The maximum absolute atomic E-state index is 13.7. The molecule has 0 radical (unpaired) electrons. The number of hydrogen-bond donors (Lipinski definition) is 2. The average molecular weight is 498 g/mol. The largest absolute Gasteiger partial charge is 0.481 e. The number of nitrogens with zero attached hydrogens (tertiary/aromatic N) is 1. The summed E-state index contributed by atoms with van der Waals surface area (Å²) in [5, 5.41) is 19.0. The molecule has 0 amide bonds. The number of benzene rings is 2. The second-order valence-electron chi connectivity index (χ2n) is 8.21. The van der Waals surface area contributed by atoms with E-state index < -0.39 is 25.9 Å². The van der Waals surface area contributed by atoms with Crippen molar-refractivity contribution in [3.8, 4) is 22.4 Å². The maximum atomic E-state index is 13.7. The molecule has 3 aromatic rings. The lowest BCUT2D eigenvalue weighted by molar-refractivity contribution is -0.138. The highest BCUT2D eigenvalue weighted by atomic mass is 31.2. The number of carboxylic acid groups (broad SMARTS) is 1. The summed E-state index contributed by atoms with van der Waals surface area (Å²) in [6.45, 7) is 3.90. The van der Waals surface area contributed by atoms with Crippen molar-refractivity contribution in [2.75, 3.05) is 13.3 Å². The van der Waals surface area contributed by atoms with Gasteiger partial charge in [-0.15, -0.1) is 0 Å². The van der Waals surface area contributed by atoms with Crippen molar-refractivity contribution in [3.63, 3.8) is 0 Å². The zero-order valence-corrected chi connectivity index (χ0v) is 20.8. The van der Waals surface area contributed by atoms with Gasteiger partial charge < -0.3 is 14.7 Å². The quantitative estimate of drug-likeness (QED) is 0.326. The van der Waals surface area contributed by atoms with Gasteiger partial charge in [0.25, 0.3) is 0 Å². The Morgan fingerprint density at radius 1 is 1.14 bits per heavy atom. The predicted molar refractivity (Wildman–Crippen MR) is 136 cm³/mol. The molecule has 0 bridgehead atoms. The molecule has 0 aliphatic heterocycles. The average Bonchev–Trinajstić information content (AvgIpc) is 2.83. The number of aryl methyl sites for hydroxylation is 1. The third-order valence-electron chi connectivity index (χ3n) is 5.73. The van der Waals surface area contributed by atoms with Gasteiger partial charge in [-0.25, -0.2) is 4.39 Å². The SMILES string of the molecule is CCc1nc(-c2ccccc2)c(C)c(-c2ccc(F)cc2)c1/C=C/P(=O)(C[C@@H](O)CC(=O)O)OC. The minimum atomic E-state index is -3.49. The van der Waals surface area contributed by atoms with Crippen molar-refractivity contribution >= 4 is 19.4 Å². The maximum Gasteiger partial charge on any atom is 0.305 e. The van der Waals surface area contributed by atoms with Gasteiger partial charge in [-0.3, -0.25) is 14.3 Å². The fourth-order valence-corrected chi connectivity index (χ4v) is 5.49. The summed E-state index contributed by atoms with van der Waals surface area (Å²) in [5.41, 5.74) is 5.67. The van der Waals surface area contributed by atoms with Crippen LogP contribution in [0.4, 0.5) is 4.39 Å². The van der Waals surface area contributed by atoms with Crippen molar-refractivity contribution in [1.82, 2.24) is 4.98 Å². The monoisotopic (exact) mass is 497 g/mol. The standard InChI is InChI=1S/C27H29FNO5P/c1-4-24-23(14-15-35(33,34-3)17-22(30)16-25(31)32)26(19-10-12-21(28)13-11-19)18(2)27(29-24)20-8-6-5-7-9-20/h5-15,22,30H,4,16-17H2,1-3H3,(H,31,32)/b15-14+/t22-,35?/m0/s1. The highest BCUT2D eigenvalue weighted by Gasteiger charge is 2.25. The van der Waals surface area contributed by atoms with Gasteiger partial charge >= 0.3 is 5.97 Å². The molecule has 1 heterocycles. The Labute approximate surface area is 204 Å². The van der Waals surface area contributed by atoms with Crippen molar-refractivity contribution in [3.05, 3.63) is 83.1 Å². The first-order valence-electron chi connectivity index (χ1n) is 11.3. The Bertz CT molecular complexity index is 1260. The Balaban J connectivity index is 2.19. The summed E-state index contributed by atoms with van der Waals surface area (Å²) in [4.78, 5) is 15.8. The van der Waals surface area contributed by atoms with Crippen LogP contribution in [0.25, 0.3) is 28.5 Å². The number of pyridine rings is 1. The van der Waals surface area contributed by atoms with Crippen molar-refractivity contribution in [1.29, 1.82) is 0 Å². The molecule has 0 saturated heterocycles. The summed E-state index contributed by atoms with van der Waals surface area (Å²) in [5.74, 6) is -0.150. The molecule has 2 N–H and O–H groups in total. The number of aliphatic hydroxyl groups is 1. The molecule has 0 fully saturated rings. The summed E-state index contributed by atoms with van der Waals surface area (Å²) < 4.78 is 32.2. The van der Waals surface area contributed by atoms with Gasteiger partial charge in [0, 0.05) is 29.7 Å². The van der Waals surface area contributed by atoms with Gasteiger partial charge in [-0.05, 0) is 48.2 Å². The zero-order chi connectivity index (χ0) is 25.6. The number of rotatable bonds is 10. The molecule has 2 aromatic carbocycles. The molecule has 1 aromatic heterocycles. The lowest BCUT2D eigenvalue weighted by Crippen LogP contribution is -2.17. The first kappa shape index (κ1) is 26.5. The summed E-state index contributed by atoms with van der Waals surface area (Å²) in [6, 6.07) is 15.9. The van der Waals surface area contributed by atoms with E-state index in [9.17, 15) is 18.9 Å². The number of carbonyl (C=O) groups is 1. The number of aliphatic carboxylic acids is 1. The van der Waals surface area contributed by atoms with Gasteiger partial charge in [0.2, 0.25) is 7.37 Å². The number of aromatic nitrogens is 1. The van der Waals surface area contributed by atoms with Gasteiger partial charge in [0.15, 0.2) is 0 Å². The molecular formula is C27H29FNO5P. The molecule has 35 heavy (non-hydrogen) atoms. The van der Waals surface area contributed by atoms with E-state index in [4.69, 9.17) is 14.6 Å². The van der Waals surface area contributed by atoms with E-state index in [0.29, 0.717) is 12.0 Å². The molecule has 3 rings (SSSR count). The lowest BCUT2D eigenvalue weighted by atomic mass is 9.90. The molecular weight excluding hydrogens is 468 g/mol. The van der Waals surface area contributed by atoms with Crippen LogP contribution in [-0.2, 0) is 20.3 Å². The smallest absolute Gasteiger partial charge is 0.305 e. The molecule has 6 nitrogen and oxygen atoms in total. The van der Waals surface area contributed by atoms with E-state index >= 15 is 0 Å². The summed E-state index contributed by atoms with van der Waals surface area (Å²) in [6.07, 6.45) is 0.0604. The van der Waals surface area contributed by atoms with Crippen LogP contribution in [0.1, 0.15) is 30.2 Å². The Morgan fingerprint density at radius 3 is 2.37 bits per heavy atom. The van der Waals surface area contributed by atoms with Crippen LogP contribution in [0, 0.1) is 12.7 Å². The van der Waals surface area contributed by atoms with Crippen molar-refractivity contribution < 1.29 is 28.5 Å². The number of aliphatic hydroxyl groups excluding tert-OH is 1. The minimum absolute atomic E-state index is 0.325. The van der Waals surface area contributed by atoms with E-state index in [0.717, 1.165) is 33.6 Å². The molecule has 8 heteroatoms. The van der Waals surface area contributed by atoms with Gasteiger partial charge in [0.1, 0.15) is 5.82 Å². The van der Waals surface area contributed by atoms with Crippen LogP contribution < -0.4 is 0 Å². The van der Waals surface area contributed by atoms with E-state index in [1.807, 2.05) is 44.2 Å². The molecule has 0 aliphatic carbocycles.